The van der Waals surface area contributed by atoms with Crippen LogP contribution in [0.15, 0.2) is 42.5 Å². The van der Waals surface area contributed by atoms with Crippen LogP contribution in [0.2, 0.25) is 0 Å². The van der Waals surface area contributed by atoms with Gasteiger partial charge in [-0.2, -0.15) is 0 Å². The lowest BCUT2D eigenvalue weighted by Gasteiger charge is -2.07. The Morgan fingerprint density at radius 2 is 1.89 bits per heavy atom. The summed E-state index contributed by atoms with van der Waals surface area (Å²) in [6, 6.07) is 11.3. The normalized spacial score (nSPS) is 10.2. The Labute approximate surface area is 110 Å². The molecule has 0 aliphatic rings. The summed E-state index contributed by atoms with van der Waals surface area (Å²) in [4.78, 5) is 12.0. The van der Waals surface area contributed by atoms with Gasteiger partial charge in [-0.3, -0.25) is 4.79 Å². The molecular formula is C15H14FNO2. The number of nitrogen functional groups attached to an aromatic ring is 1. The molecule has 2 aromatic rings. The number of benzene rings is 2. The maximum absolute atomic E-state index is 13.9. The molecule has 0 aromatic heterocycles. The maximum Gasteiger partial charge on any atom is 0.168 e. The van der Waals surface area contributed by atoms with Gasteiger partial charge in [0.2, 0.25) is 0 Å². The maximum atomic E-state index is 13.9. The highest BCUT2D eigenvalue weighted by Gasteiger charge is 2.13. The van der Waals surface area contributed by atoms with Crippen molar-refractivity contribution in [2.75, 3.05) is 12.8 Å². The molecular weight excluding hydrogens is 245 g/mol. The van der Waals surface area contributed by atoms with Gasteiger partial charge in [-0.25, -0.2) is 4.39 Å². The third-order valence-electron chi connectivity index (χ3n) is 2.85. The fourth-order valence-electron chi connectivity index (χ4n) is 1.79. The zero-order valence-corrected chi connectivity index (χ0v) is 10.5. The van der Waals surface area contributed by atoms with Gasteiger partial charge in [-0.05, 0) is 35.9 Å². The lowest BCUT2D eigenvalue weighted by molar-refractivity contribution is 0.0991. The summed E-state index contributed by atoms with van der Waals surface area (Å²) in [6.07, 6.45) is -0.00699. The van der Waals surface area contributed by atoms with Crippen LogP contribution < -0.4 is 10.5 Å². The first kappa shape index (κ1) is 13.1. The number of hydrogen-bond donors (Lipinski definition) is 1. The molecule has 0 fully saturated rings. The fourth-order valence-corrected chi connectivity index (χ4v) is 1.79. The van der Waals surface area contributed by atoms with Crippen molar-refractivity contribution in [1.82, 2.24) is 0 Å². The second-order valence-corrected chi connectivity index (χ2v) is 4.16. The zero-order valence-electron chi connectivity index (χ0n) is 10.5. The first-order valence-electron chi connectivity index (χ1n) is 5.82. The van der Waals surface area contributed by atoms with E-state index in [0.717, 1.165) is 0 Å². The zero-order chi connectivity index (χ0) is 13.8. The Morgan fingerprint density at radius 3 is 2.53 bits per heavy atom. The van der Waals surface area contributed by atoms with Crippen molar-refractivity contribution in [3.05, 3.63) is 59.4 Å². The summed E-state index contributed by atoms with van der Waals surface area (Å²) in [5.41, 5.74) is 6.97. The third-order valence-corrected chi connectivity index (χ3v) is 2.85. The van der Waals surface area contributed by atoms with E-state index in [1.807, 2.05) is 0 Å². The number of nitrogens with two attached hydrogens (primary N) is 1. The van der Waals surface area contributed by atoms with Crippen molar-refractivity contribution >= 4 is 11.5 Å². The summed E-state index contributed by atoms with van der Waals surface area (Å²) in [6.45, 7) is 0. The fraction of sp³-hybridized carbons (Fsp3) is 0.133. The molecule has 0 aliphatic carbocycles. The summed E-state index contributed by atoms with van der Waals surface area (Å²) in [5, 5.41) is 0. The quantitative estimate of drug-likeness (QED) is 0.678. The van der Waals surface area contributed by atoms with E-state index in [0.29, 0.717) is 16.8 Å². The van der Waals surface area contributed by atoms with Crippen LogP contribution in [0.3, 0.4) is 0 Å². The number of ketones is 1. The monoisotopic (exact) mass is 259 g/mol. The molecule has 4 heteroatoms. The van der Waals surface area contributed by atoms with Crippen LogP contribution in [0.5, 0.6) is 5.75 Å². The summed E-state index contributed by atoms with van der Waals surface area (Å²) in [5.74, 6) is -0.511. The first-order chi connectivity index (χ1) is 9.11. The highest BCUT2D eigenvalue weighted by Crippen LogP contribution is 2.21. The highest BCUT2D eigenvalue weighted by molar-refractivity contribution is 5.97. The second kappa shape index (κ2) is 5.52. The van der Waals surface area contributed by atoms with Gasteiger partial charge in [0.1, 0.15) is 0 Å². The van der Waals surface area contributed by atoms with E-state index in [1.54, 1.807) is 36.4 Å². The molecule has 0 radical (unpaired) electrons. The predicted octanol–water partition coefficient (Wildman–Crippen LogP) is 2.84. The molecule has 2 aromatic carbocycles. The number of Topliss-reactive ketones (excluding diaryl/α,β-unsaturated/α-hetero) is 1. The molecule has 98 valence electrons. The van der Waals surface area contributed by atoms with E-state index in [2.05, 4.69) is 0 Å². The Morgan fingerprint density at radius 1 is 1.21 bits per heavy atom. The number of carbonyl (C=O) groups excluding carboxylic acids is 1. The van der Waals surface area contributed by atoms with E-state index in [1.165, 1.54) is 13.2 Å². The number of carbonyl (C=O) groups is 1. The lowest BCUT2D eigenvalue weighted by atomic mass is 10.0. The van der Waals surface area contributed by atoms with Gasteiger partial charge < -0.3 is 10.5 Å². The van der Waals surface area contributed by atoms with E-state index in [9.17, 15) is 9.18 Å². The second-order valence-electron chi connectivity index (χ2n) is 4.16. The van der Waals surface area contributed by atoms with E-state index >= 15 is 0 Å². The van der Waals surface area contributed by atoms with Crippen LogP contribution in [0, 0.1) is 5.82 Å². The molecule has 2 N–H and O–H groups in total. The molecule has 0 saturated heterocycles. The molecule has 0 spiro atoms. The Kier molecular flexibility index (Phi) is 3.80. The van der Waals surface area contributed by atoms with Crippen LogP contribution in [-0.2, 0) is 6.42 Å². The molecule has 0 bridgehead atoms. The molecule has 2 rings (SSSR count). The van der Waals surface area contributed by atoms with Crippen molar-refractivity contribution < 1.29 is 13.9 Å². The van der Waals surface area contributed by atoms with Crippen LogP contribution in [0.1, 0.15) is 15.9 Å². The van der Waals surface area contributed by atoms with Crippen molar-refractivity contribution in [2.24, 2.45) is 0 Å². The highest BCUT2D eigenvalue weighted by atomic mass is 19.1. The molecule has 0 amide bonds. The van der Waals surface area contributed by atoms with Crippen LogP contribution >= 0.6 is 0 Å². The van der Waals surface area contributed by atoms with Crippen molar-refractivity contribution in [2.45, 2.75) is 6.42 Å². The number of ether oxygens (including phenoxy) is 1. The summed E-state index contributed by atoms with van der Waals surface area (Å²) < 4.78 is 18.8. The van der Waals surface area contributed by atoms with Crippen molar-refractivity contribution in [3.63, 3.8) is 0 Å². The Hall–Kier alpha value is -2.36. The molecule has 0 aliphatic heterocycles. The first-order valence-corrected chi connectivity index (χ1v) is 5.82. The van der Waals surface area contributed by atoms with E-state index in [-0.39, 0.29) is 18.0 Å². The van der Waals surface area contributed by atoms with Gasteiger partial charge in [-0.1, -0.05) is 12.1 Å². The van der Waals surface area contributed by atoms with E-state index < -0.39 is 5.82 Å². The predicted molar refractivity (Wildman–Crippen MR) is 71.8 cm³/mol. The molecule has 19 heavy (non-hydrogen) atoms. The summed E-state index contributed by atoms with van der Waals surface area (Å²) >= 11 is 0. The lowest BCUT2D eigenvalue weighted by Crippen LogP contribution is -2.06. The number of methoxy groups -OCH3 is 1. The van der Waals surface area contributed by atoms with Crippen molar-refractivity contribution in [1.29, 1.82) is 0 Å². The minimum atomic E-state index is -0.492. The van der Waals surface area contributed by atoms with Crippen molar-refractivity contribution in [3.8, 4) is 5.75 Å². The summed E-state index contributed by atoms with van der Waals surface area (Å²) in [7, 11) is 1.39. The van der Waals surface area contributed by atoms with Gasteiger partial charge in [0, 0.05) is 17.7 Å². The van der Waals surface area contributed by atoms with Gasteiger partial charge in [0.15, 0.2) is 17.3 Å². The number of halogens is 1. The Balaban J connectivity index is 2.21. The van der Waals surface area contributed by atoms with Gasteiger partial charge in [0.05, 0.1) is 7.11 Å². The number of rotatable bonds is 4. The van der Waals surface area contributed by atoms with E-state index in [4.69, 9.17) is 10.5 Å². The number of anilines is 1. The smallest absolute Gasteiger partial charge is 0.168 e. The Bertz CT molecular complexity index is 594. The van der Waals surface area contributed by atoms with Gasteiger partial charge >= 0.3 is 0 Å². The topological polar surface area (TPSA) is 52.3 Å². The molecule has 0 heterocycles. The van der Waals surface area contributed by atoms with Crippen LogP contribution in [0.4, 0.5) is 10.1 Å². The largest absolute Gasteiger partial charge is 0.494 e. The average molecular weight is 259 g/mol. The molecule has 3 nitrogen and oxygen atoms in total. The van der Waals surface area contributed by atoms with Gasteiger partial charge in [-0.15, -0.1) is 0 Å². The SMILES string of the molecule is COc1cccc(CC(=O)c2ccc(N)cc2)c1F. The molecule has 0 saturated carbocycles. The standard InChI is InChI=1S/C15H14FNO2/c1-19-14-4-2-3-11(15(14)16)9-13(18)10-5-7-12(17)8-6-10/h2-8H,9,17H2,1H3. The molecule has 0 atom stereocenters. The minimum Gasteiger partial charge on any atom is -0.494 e. The van der Waals surface area contributed by atoms with Crippen LogP contribution in [-0.4, -0.2) is 12.9 Å². The minimum absolute atomic E-state index is 0.00699. The molecule has 0 unspecified atom stereocenters. The average Bonchev–Trinajstić information content (AvgIpc) is 2.42. The third kappa shape index (κ3) is 2.91. The van der Waals surface area contributed by atoms with Gasteiger partial charge in [0.25, 0.3) is 0 Å². The van der Waals surface area contributed by atoms with Crippen LogP contribution in [0.25, 0.3) is 0 Å². The number of hydrogen-bond acceptors (Lipinski definition) is 3.